The number of ether oxygens (including phenoxy) is 4. The number of carbonyl (C=O) groups excluding carboxylic acids is 3. The Morgan fingerprint density at radius 3 is 2.67 bits per heavy atom. The van der Waals surface area contributed by atoms with E-state index in [0.29, 0.717) is 25.0 Å². The molecule has 0 aromatic heterocycles. The van der Waals surface area contributed by atoms with Crippen molar-refractivity contribution in [1.82, 2.24) is 0 Å². The Kier molecular flexibility index (Phi) is 6.54. The minimum absolute atomic E-state index is 0.0259. The van der Waals surface area contributed by atoms with Gasteiger partial charge in [0.25, 0.3) is 0 Å². The Bertz CT molecular complexity index is 533. The van der Waals surface area contributed by atoms with Crippen LogP contribution in [0.3, 0.4) is 0 Å². The van der Waals surface area contributed by atoms with E-state index in [9.17, 15) is 14.4 Å². The van der Waals surface area contributed by atoms with Gasteiger partial charge in [-0.25, -0.2) is 9.59 Å². The van der Waals surface area contributed by atoms with Gasteiger partial charge >= 0.3 is 17.9 Å². The second kappa shape index (κ2) is 8.63. The molecule has 1 aliphatic carbocycles. The molecule has 1 saturated heterocycles. The molecule has 7 nitrogen and oxygen atoms in total. The average Bonchev–Trinajstić information content (AvgIpc) is 3.40. The van der Waals surface area contributed by atoms with Gasteiger partial charge in [0.05, 0.1) is 12.5 Å². The fourth-order valence-electron chi connectivity index (χ4n) is 2.41. The number of allylic oxidation sites excluding steroid dienone is 1. The summed E-state index contributed by atoms with van der Waals surface area (Å²) in [7, 11) is 0. The van der Waals surface area contributed by atoms with E-state index < -0.39 is 23.8 Å². The van der Waals surface area contributed by atoms with Gasteiger partial charge in [-0.05, 0) is 18.8 Å². The smallest absolute Gasteiger partial charge is 0.334 e. The molecule has 1 aliphatic heterocycles. The molecule has 1 fully saturated rings. The molecule has 0 saturated carbocycles. The Hall–Kier alpha value is -2.15. The maximum atomic E-state index is 12.3. The van der Waals surface area contributed by atoms with E-state index in [-0.39, 0.29) is 31.8 Å². The third kappa shape index (κ3) is 5.49. The molecular formula is C17H22O7. The lowest BCUT2D eigenvalue weighted by Gasteiger charge is -2.25. The molecule has 3 unspecified atom stereocenters. The van der Waals surface area contributed by atoms with Gasteiger partial charge in [0.2, 0.25) is 0 Å². The molecule has 3 atom stereocenters. The van der Waals surface area contributed by atoms with E-state index >= 15 is 0 Å². The van der Waals surface area contributed by atoms with Gasteiger partial charge in [-0.3, -0.25) is 4.79 Å². The van der Waals surface area contributed by atoms with E-state index in [1.165, 1.54) is 0 Å². The molecule has 0 amide bonds. The molecule has 2 aliphatic rings. The Morgan fingerprint density at radius 1 is 1.29 bits per heavy atom. The first-order chi connectivity index (χ1) is 11.5. The number of hydrogen-bond donors (Lipinski definition) is 0. The van der Waals surface area contributed by atoms with E-state index in [1.54, 1.807) is 6.08 Å². The second-order valence-corrected chi connectivity index (χ2v) is 5.88. The molecule has 7 heteroatoms. The average molecular weight is 338 g/mol. The predicted molar refractivity (Wildman–Crippen MR) is 82.8 cm³/mol. The summed E-state index contributed by atoms with van der Waals surface area (Å²) in [6.07, 6.45) is 3.98. The van der Waals surface area contributed by atoms with Gasteiger partial charge in [-0.15, -0.1) is 0 Å². The van der Waals surface area contributed by atoms with Crippen molar-refractivity contribution in [2.75, 3.05) is 26.4 Å². The molecule has 1 heterocycles. The fourth-order valence-corrected chi connectivity index (χ4v) is 2.41. The van der Waals surface area contributed by atoms with E-state index in [4.69, 9.17) is 18.9 Å². The molecule has 24 heavy (non-hydrogen) atoms. The lowest BCUT2D eigenvalue weighted by Crippen LogP contribution is -2.30. The van der Waals surface area contributed by atoms with Gasteiger partial charge < -0.3 is 18.9 Å². The van der Waals surface area contributed by atoms with Crippen LogP contribution in [0, 0.1) is 11.8 Å². The molecule has 2 rings (SSSR count). The van der Waals surface area contributed by atoms with E-state index in [0.717, 1.165) is 6.08 Å². The van der Waals surface area contributed by atoms with Gasteiger partial charge in [-0.1, -0.05) is 19.6 Å². The largest absolute Gasteiger partial charge is 0.462 e. The predicted octanol–water partition coefficient (Wildman–Crippen LogP) is 1.17. The van der Waals surface area contributed by atoms with Crippen LogP contribution in [0.25, 0.3) is 0 Å². The van der Waals surface area contributed by atoms with Crippen LogP contribution in [-0.4, -0.2) is 50.4 Å². The maximum absolute atomic E-state index is 12.3. The lowest BCUT2D eigenvalue weighted by atomic mass is 9.82. The van der Waals surface area contributed by atoms with Gasteiger partial charge in [-0.2, -0.15) is 0 Å². The van der Waals surface area contributed by atoms with Crippen LogP contribution in [0.2, 0.25) is 0 Å². The summed E-state index contributed by atoms with van der Waals surface area (Å²) >= 11 is 0. The number of epoxide rings is 1. The Balaban J connectivity index is 1.86. The highest BCUT2D eigenvalue weighted by atomic mass is 16.6. The highest BCUT2D eigenvalue weighted by Gasteiger charge is 2.35. The van der Waals surface area contributed by atoms with Crippen molar-refractivity contribution >= 4 is 17.9 Å². The topological polar surface area (TPSA) is 91.4 Å². The first kappa shape index (κ1) is 18.2. The van der Waals surface area contributed by atoms with Crippen molar-refractivity contribution in [2.45, 2.75) is 25.9 Å². The molecule has 132 valence electrons. The molecule has 0 aromatic carbocycles. The zero-order valence-electron chi connectivity index (χ0n) is 13.7. The summed E-state index contributed by atoms with van der Waals surface area (Å²) in [5.74, 6) is -1.98. The summed E-state index contributed by atoms with van der Waals surface area (Å²) in [5, 5.41) is 0. The molecular weight excluding hydrogens is 316 g/mol. The molecule has 0 bridgehead atoms. The molecule has 0 radical (unpaired) electrons. The SMILES string of the molecule is C=CC(=O)OCCOC(=O)C1CC(C)CC=C1C(=O)OCC1CO1. The highest BCUT2D eigenvalue weighted by Crippen LogP contribution is 2.31. The number of hydrogen-bond acceptors (Lipinski definition) is 7. The van der Waals surface area contributed by atoms with Gasteiger partial charge in [0.1, 0.15) is 25.9 Å². The van der Waals surface area contributed by atoms with Crippen molar-refractivity contribution in [3.05, 3.63) is 24.3 Å². The summed E-state index contributed by atoms with van der Waals surface area (Å²) in [4.78, 5) is 35.4. The van der Waals surface area contributed by atoms with Crippen molar-refractivity contribution in [3.63, 3.8) is 0 Å². The fraction of sp³-hybridized carbons (Fsp3) is 0.588. The number of esters is 3. The van der Waals surface area contributed by atoms with Crippen molar-refractivity contribution in [3.8, 4) is 0 Å². The van der Waals surface area contributed by atoms with E-state index in [1.807, 2.05) is 6.92 Å². The third-order valence-electron chi connectivity index (χ3n) is 3.82. The van der Waals surface area contributed by atoms with Crippen LogP contribution in [0.15, 0.2) is 24.3 Å². The van der Waals surface area contributed by atoms with Crippen LogP contribution in [0.4, 0.5) is 0 Å². The first-order valence-corrected chi connectivity index (χ1v) is 7.95. The Labute approximate surface area is 140 Å². The zero-order valence-corrected chi connectivity index (χ0v) is 13.7. The van der Waals surface area contributed by atoms with Crippen molar-refractivity contribution < 1.29 is 33.3 Å². The van der Waals surface area contributed by atoms with Crippen LogP contribution in [-0.2, 0) is 33.3 Å². The zero-order chi connectivity index (χ0) is 17.5. The van der Waals surface area contributed by atoms with Crippen LogP contribution in [0.1, 0.15) is 19.8 Å². The summed E-state index contributed by atoms with van der Waals surface area (Å²) in [6, 6.07) is 0. The summed E-state index contributed by atoms with van der Waals surface area (Å²) in [5.41, 5.74) is 0.335. The highest BCUT2D eigenvalue weighted by molar-refractivity contribution is 5.95. The molecule has 0 aromatic rings. The Morgan fingerprint density at radius 2 is 2.00 bits per heavy atom. The summed E-state index contributed by atoms with van der Waals surface area (Å²) < 4.78 is 20.0. The van der Waals surface area contributed by atoms with Gasteiger partial charge in [0.15, 0.2) is 0 Å². The van der Waals surface area contributed by atoms with Crippen molar-refractivity contribution in [1.29, 1.82) is 0 Å². The minimum atomic E-state index is -0.656. The normalized spacial score (nSPS) is 25.2. The molecule has 0 spiro atoms. The monoisotopic (exact) mass is 338 g/mol. The van der Waals surface area contributed by atoms with Gasteiger partial charge in [0, 0.05) is 11.6 Å². The maximum Gasteiger partial charge on any atom is 0.334 e. The number of rotatable bonds is 8. The third-order valence-corrected chi connectivity index (χ3v) is 3.82. The number of carbonyl (C=O) groups is 3. The quantitative estimate of drug-likeness (QED) is 0.216. The summed E-state index contributed by atoms with van der Waals surface area (Å²) in [6.45, 7) is 5.95. The van der Waals surface area contributed by atoms with Crippen LogP contribution in [0.5, 0.6) is 0 Å². The standard InChI is InChI=1S/C17H22O7/c1-3-15(18)21-6-7-22-17(20)14-8-11(2)4-5-13(14)16(19)24-10-12-9-23-12/h3,5,11-12,14H,1,4,6-10H2,2H3. The molecule has 0 N–H and O–H groups in total. The minimum Gasteiger partial charge on any atom is -0.462 e. The van der Waals surface area contributed by atoms with E-state index in [2.05, 4.69) is 6.58 Å². The lowest BCUT2D eigenvalue weighted by molar-refractivity contribution is -0.154. The van der Waals surface area contributed by atoms with Crippen LogP contribution < -0.4 is 0 Å². The first-order valence-electron chi connectivity index (χ1n) is 7.95. The van der Waals surface area contributed by atoms with Crippen molar-refractivity contribution in [2.24, 2.45) is 11.8 Å². The van der Waals surface area contributed by atoms with Crippen LogP contribution >= 0.6 is 0 Å². The second-order valence-electron chi connectivity index (χ2n) is 5.88.